The van der Waals surface area contributed by atoms with Gasteiger partial charge in [0.15, 0.2) is 0 Å². The van der Waals surface area contributed by atoms with Crippen molar-refractivity contribution in [3.8, 4) is 22.8 Å². The first-order chi connectivity index (χ1) is 19.0. The molecule has 0 spiro atoms. The lowest BCUT2D eigenvalue weighted by Gasteiger charge is -2.33. The van der Waals surface area contributed by atoms with Crippen LogP contribution >= 0.6 is 0 Å². The minimum Gasteiger partial charge on any atom is -0.357 e. The Kier molecular flexibility index (Phi) is 7.47. The second-order valence-corrected chi connectivity index (χ2v) is 13.1. The van der Waals surface area contributed by atoms with Gasteiger partial charge < -0.3 is 9.97 Å². The summed E-state index contributed by atoms with van der Waals surface area (Å²) in [5.41, 5.74) is 9.85. The molecule has 0 unspecified atom stereocenters. The van der Waals surface area contributed by atoms with Gasteiger partial charge in [-0.25, -0.2) is 0 Å². The molecule has 39 heavy (non-hydrogen) atoms. The molecule has 0 bridgehead atoms. The third-order valence-electron chi connectivity index (χ3n) is 9.38. The van der Waals surface area contributed by atoms with Gasteiger partial charge in [-0.1, -0.05) is 64.5 Å². The number of nitrogens with zero attached hydrogens (tertiary/aromatic N) is 2. The quantitative estimate of drug-likeness (QED) is 0.243. The molecule has 2 saturated carbocycles. The summed E-state index contributed by atoms with van der Waals surface area (Å²) < 4.78 is 0. The second-order valence-electron chi connectivity index (χ2n) is 13.1. The lowest BCUT2D eigenvalue weighted by Crippen LogP contribution is -2.22. The predicted molar refractivity (Wildman–Crippen MR) is 161 cm³/mol. The highest BCUT2D eigenvalue weighted by Crippen LogP contribution is 2.40. The number of hydrogen-bond donors (Lipinski definition) is 2. The van der Waals surface area contributed by atoms with E-state index in [0.29, 0.717) is 10.8 Å². The maximum absolute atomic E-state index is 5.02. The van der Waals surface area contributed by atoms with Crippen LogP contribution in [0.5, 0.6) is 0 Å². The number of nitrogens with one attached hydrogen (secondary N) is 2. The fraction of sp³-hybridized carbons (Fsp3) is 0.486. The first-order valence-corrected chi connectivity index (χ1v) is 15.2. The number of aromatic nitrogens is 4. The molecule has 2 fully saturated rings. The molecule has 0 amide bonds. The van der Waals surface area contributed by atoms with Gasteiger partial charge in [0, 0.05) is 29.2 Å². The third-order valence-corrected chi connectivity index (χ3v) is 9.38. The van der Waals surface area contributed by atoms with Crippen molar-refractivity contribution in [1.29, 1.82) is 0 Å². The number of rotatable bonds is 8. The van der Waals surface area contributed by atoms with Gasteiger partial charge in [-0.15, -0.1) is 0 Å². The molecule has 0 aromatic carbocycles. The highest BCUT2D eigenvalue weighted by molar-refractivity contribution is 5.56. The van der Waals surface area contributed by atoms with Gasteiger partial charge in [-0.2, -0.15) is 0 Å². The first kappa shape index (κ1) is 26.1. The van der Waals surface area contributed by atoms with Gasteiger partial charge in [0.2, 0.25) is 0 Å². The second kappa shape index (κ2) is 11.2. The number of hydrogen-bond acceptors (Lipinski definition) is 2. The molecule has 6 rings (SSSR count). The Balaban J connectivity index is 1.13. The minimum atomic E-state index is 0.431. The molecule has 4 heteroatoms. The van der Waals surface area contributed by atoms with Gasteiger partial charge in [0.05, 0.1) is 22.8 Å². The molecule has 2 N–H and O–H groups in total. The SMILES string of the molecule is CC1(Cc2ccc(-c3cccc(Cc4cccc(-c5ccc(CC6(C)CCCCC6)[nH]5)n4)n3)[nH]2)CCCCC1. The van der Waals surface area contributed by atoms with E-state index in [1.165, 1.54) is 75.6 Å². The van der Waals surface area contributed by atoms with E-state index in [0.717, 1.165) is 53.4 Å². The first-order valence-electron chi connectivity index (χ1n) is 15.2. The van der Waals surface area contributed by atoms with Crippen molar-refractivity contribution in [2.75, 3.05) is 0 Å². The van der Waals surface area contributed by atoms with Crippen LogP contribution < -0.4 is 0 Å². The number of aromatic amines is 2. The zero-order valence-electron chi connectivity index (χ0n) is 23.9. The standard InChI is InChI=1S/C35H44N4/c1-34(19-5-3-6-20-34)24-28-15-17-32(38-28)30-13-9-11-26(36-30)23-27-12-10-14-31(37-27)33-18-16-29(39-33)25-35(2)21-7-4-8-22-35/h9-18,38-39H,3-8,19-25H2,1-2H3. The zero-order chi connectivity index (χ0) is 26.7. The van der Waals surface area contributed by atoms with Crippen LogP contribution in [0.4, 0.5) is 0 Å². The normalized spacial score (nSPS) is 18.7. The summed E-state index contributed by atoms with van der Waals surface area (Å²) in [6, 6.07) is 21.6. The highest BCUT2D eigenvalue weighted by atomic mass is 14.8. The molecule has 2 aliphatic carbocycles. The van der Waals surface area contributed by atoms with Gasteiger partial charge in [-0.05, 0) is 97.9 Å². The summed E-state index contributed by atoms with van der Waals surface area (Å²) >= 11 is 0. The van der Waals surface area contributed by atoms with Crippen molar-refractivity contribution in [3.05, 3.63) is 83.4 Å². The van der Waals surface area contributed by atoms with E-state index in [1.54, 1.807) is 0 Å². The highest BCUT2D eigenvalue weighted by Gasteiger charge is 2.28. The molecule has 4 nitrogen and oxygen atoms in total. The largest absolute Gasteiger partial charge is 0.357 e. The lowest BCUT2D eigenvalue weighted by atomic mass is 9.73. The molecular weight excluding hydrogens is 476 g/mol. The zero-order valence-corrected chi connectivity index (χ0v) is 23.9. The van der Waals surface area contributed by atoms with Crippen LogP contribution in [0.25, 0.3) is 22.8 Å². The fourth-order valence-electron chi connectivity index (χ4n) is 7.11. The van der Waals surface area contributed by atoms with E-state index >= 15 is 0 Å². The van der Waals surface area contributed by atoms with E-state index in [9.17, 15) is 0 Å². The topological polar surface area (TPSA) is 57.4 Å². The lowest BCUT2D eigenvalue weighted by molar-refractivity contribution is 0.213. The fourth-order valence-corrected chi connectivity index (χ4v) is 7.11. The Bertz CT molecular complexity index is 1280. The van der Waals surface area contributed by atoms with Crippen LogP contribution in [-0.2, 0) is 19.3 Å². The summed E-state index contributed by atoms with van der Waals surface area (Å²) in [4.78, 5) is 17.4. The van der Waals surface area contributed by atoms with Gasteiger partial charge in [0.1, 0.15) is 0 Å². The van der Waals surface area contributed by atoms with Gasteiger partial charge in [0.25, 0.3) is 0 Å². The molecule has 4 heterocycles. The van der Waals surface area contributed by atoms with Crippen LogP contribution in [0.15, 0.2) is 60.7 Å². The summed E-state index contributed by atoms with van der Waals surface area (Å²) in [6.45, 7) is 4.91. The molecular formula is C35H44N4. The van der Waals surface area contributed by atoms with Crippen molar-refractivity contribution in [3.63, 3.8) is 0 Å². The molecule has 204 valence electrons. The molecule has 4 aromatic rings. The van der Waals surface area contributed by atoms with Gasteiger partial charge in [-0.3, -0.25) is 9.97 Å². The minimum absolute atomic E-state index is 0.431. The molecule has 0 saturated heterocycles. The average Bonchev–Trinajstić information content (AvgIpc) is 3.59. The average molecular weight is 521 g/mol. The molecule has 0 aliphatic heterocycles. The van der Waals surface area contributed by atoms with Crippen molar-refractivity contribution >= 4 is 0 Å². The monoisotopic (exact) mass is 520 g/mol. The predicted octanol–water partition coefficient (Wildman–Crippen LogP) is 9.08. The smallest absolute Gasteiger partial charge is 0.0867 e. The Labute approximate surface area is 234 Å². The van der Waals surface area contributed by atoms with E-state index < -0.39 is 0 Å². The number of H-pyrrole nitrogens is 2. The maximum atomic E-state index is 5.02. The maximum Gasteiger partial charge on any atom is 0.0867 e. The number of pyridine rings is 2. The third kappa shape index (κ3) is 6.37. The van der Waals surface area contributed by atoms with Crippen molar-refractivity contribution in [1.82, 2.24) is 19.9 Å². The van der Waals surface area contributed by atoms with Crippen molar-refractivity contribution in [2.45, 2.75) is 97.3 Å². The summed E-state index contributed by atoms with van der Waals surface area (Å²) in [5, 5.41) is 0. The molecule has 4 aromatic heterocycles. The van der Waals surface area contributed by atoms with E-state index in [-0.39, 0.29) is 0 Å². The van der Waals surface area contributed by atoms with Crippen LogP contribution in [0.1, 0.15) is 101 Å². The van der Waals surface area contributed by atoms with E-state index in [2.05, 4.69) is 84.5 Å². The van der Waals surface area contributed by atoms with Crippen molar-refractivity contribution < 1.29 is 0 Å². The Morgan fingerprint density at radius 3 is 1.44 bits per heavy atom. The Morgan fingerprint density at radius 2 is 1.00 bits per heavy atom. The van der Waals surface area contributed by atoms with Crippen LogP contribution in [0, 0.1) is 10.8 Å². The van der Waals surface area contributed by atoms with E-state index in [4.69, 9.17) is 9.97 Å². The molecule has 2 aliphatic rings. The van der Waals surface area contributed by atoms with Crippen molar-refractivity contribution in [2.24, 2.45) is 10.8 Å². The summed E-state index contributed by atoms with van der Waals surface area (Å²) in [5.74, 6) is 0. The van der Waals surface area contributed by atoms with Crippen LogP contribution in [-0.4, -0.2) is 19.9 Å². The van der Waals surface area contributed by atoms with E-state index in [1.807, 2.05) is 0 Å². The van der Waals surface area contributed by atoms with Gasteiger partial charge >= 0.3 is 0 Å². The summed E-state index contributed by atoms with van der Waals surface area (Å²) in [7, 11) is 0. The molecule has 0 atom stereocenters. The Hall–Kier alpha value is -3.14. The van der Waals surface area contributed by atoms with Crippen LogP contribution in [0.3, 0.4) is 0 Å². The summed E-state index contributed by atoms with van der Waals surface area (Å²) in [6.07, 6.45) is 16.6. The van der Waals surface area contributed by atoms with Crippen LogP contribution in [0.2, 0.25) is 0 Å². The molecule has 0 radical (unpaired) electrons. The Morgan fingerprint density at radius 1 is 0.564 bits per heavy atom.